The Kier molecular flexibility index (Phi) is 3.52. The molecule has 0 aliphatic rings. The van der Waals surface area contributed by atoms with E-state index in [1.54, 1.807) is 0 Å². The highest BCUT2D eigenvalue weighted by molar-refractivity contribution is 6.07. The van der Waals surface area contributed by atoms with Crippen LogP contribution in [0.2, 0.25) is 0 Å². The summed E-state index contributed by atoms with van der Waals surface area (Å²) < 4.78 is 63.3. The summed E-state index contributed by atoms with van der Waals surface area (Å²) in [4.78, 5) is 15.2. The average molecular weight is 287 g/mol. The molecule has 0 bridgehead atoms. The van der Waals surface area contributed by atoms with E-state index in [4.69, 9.17) is 0 Å². The second-order valence-electron chi connectivity index (χ2n) is 3.88. The standard InChI is InChI=1S/C13H6F5NO/c14-8-2-3-10(15)9(5-8)12(20)11-4-1-7(6-19-11)13(16,17)18/h1-6H. The van der Waals surface area contributed by atoms with Gasteiger partial charge in [0.2, 0.25) is 5.78 Å². The first-order valence-electron chi connectivity index (χ1n) is 5.32. The lowest BCUT2D eigenvalue weighted by Crippen LogP contribution is -2.10. The molecule has 1 aromatic heterocycles. The van der Waals surface area contributed by atoms with Gasteiger partial charge in [-0.2, -0.15) is 13.2 Å². The molecular weight excluding hydrogens is 281 g/mol. The second-order valence-corrected chi connectivity index (χ2v) is 3.88. The summed E-state index contributed by atoms with van der Waals surface area (Å²) in [6, 6.07) is 3.71. The molecule has 0 atom stereocenters. The summed E-state index contributed by atoms with van der Waals surface area (Å²) in [5, 5.41) is 0. The fraction of sp³-hybridized carbons (Fsp3) is 0.0769. The number of ketones is 1. The molecule has 0 saturated heterocycles. The Morgan fingerprint density at radius 1 is 1.05 bits per heavy atom. The maximum atomic E-state index is 13.4. The summed E-state index contributed by atoms with van der Waals surface area (Å²) in [5.74, 6) is -2.80. The summed E-state index contributed by atoms with van der Waals surface area (Å²) in [6.45, 7) is 0. The third-order valence-corrected chi connectivity index (χ3v) is 2.50. The maximum absolute atomic E-state index is 13.4. The van der Waals surface area contributed by atoms with Crippen molar-refractivity contribution in [1.82, 2.24) is 4.98 Å². The molecule has 104 valence electrons. The van der Waals surface area contributed by atoms with Crippen molar-refractivity contribution in [2.24, 2.45) is 0 Å². The Labute approximate surface area is 109 Å². The average Bonchev–Trinajstić information content (AvgIpc) is 2.40. The van der Waals surface area contributed by atoms with Crippen molar-refractivity contribution in [1.29, 1.82) is 0 Å². The Hall–Kier alpha value is -2.31. The lowest BCUT2D eigenvalue weighted by molar-refractivity contribution is -0.137. The van der Waals surface area contributed by atoms with Gasteiger partial charge in [-0.05, 0) is 30.3 Å². The van der Waals surface area contributed by atoms with Crippen LogP contribution in [0.4, 0.5) is 22.0 Å². The van der Waals surface area contributed by atoms with Gasteiger partial charge >= 0.3 is 6.18 Å². The highest BCUT2D eigenvalue weighted by Gasteiger charge is 2.31. The van der Waals surface area contributed by atoms with Crippen LogP contribution in [-0.2, 0) is 6.18 Å². The zero-order chi connectivity index (χ0) is 14.9. The second kappa shape index (κ2) is 4.99. The number of halogens is 5. The fourth-order valence-electron chi connectivity index (χ4n) is 1.51. The van der Waals surface area contributed by atoms with E-state index in [1.807, 2.05) is 0 Å². The predicted octanol–water partition coefficient (Wildman–Crippen LogP) is 3.61. The van der Waals surface area contributed by atoms with Crippen LogP contribution in [0.5, 0.6) is 0 Å². The van der Waals surface area contributed by atoms with Gasteiger partial charge in [0.05, 0.1) is 11.1 Å². The van der Waals surface area contributed by atoms with E-state index in [2.05, 4.69) is 4.98 Å². The normalized spacial score (nSPS) is 11.4. The molecule has 0 aliphatic carbocycles. The predicted molar refractivity (Wildman–Crippen MR) is 59.0 cm³/mol. The van der Waals surface area contributed by atoms with E-state index in [-0.39, 0.29) is 0 Å². The number of aromatic nitrogens is 1. The minimum atomic E-state index is -4.58. The number of carbonyl (C=O) groups is 1. The van der Waals surface area contributed by atoms with E-state index in [0.29, 0.717) is 18.3 Å². The monoisotopic (exact) mass is 287 g/mol. The molecular formula is C13H6F5NO. The zero-order valence-corrected chi connectivity index (χ0v) is 9.71. The van der Waals surface area contributed by atoms with Crippen molar-refractivity contribution in [3.63, 3.8) is 0 Å². The molecule has 0 fully saturated rings. The third-order valence-electron chi connectivity index (χ3n) is 2.50. The molecule has 0 radical (unpaired) electrons. The van der Waals surface area contributed by atoms with Crippen molar-refractivity contribution >= 4 is 5.78 Å². The molecule has 0 unspecified atom stereocenters. The van der Waals surface area contributed by atoms with Crippen LogP contribution in [0.1, 0.15) is 21.6 Å². The van der Waals surface area contributed by atoms with E-state index in [9.17, 15) is 26.7 Å². The number of pyridine rings is 1. The van der Waals surface area contributed by atoms with Crippen molar-refractivity contribution in [3.8, 4) is 0 Å². The number of carbonyl (C=O) groups excluding carboxylic acids is 1. The van der Waals surface area contributed by atoms with Gasteiger partial charge < -0.3 is 0 Å². The largest absolute Gasteiger partial charge is 0.417 e. The highest BCUT2D eigenvalue weighted by atomic mass is 19.4. The van der Waals surface area contributed by atoms with Crippen LogP contribution in [0, 0.1) is 11.6 Å². The molecule has 2 aromatic rings. The molecule has 0 amide bonds. The van der Waals surface area contributed by atoms with Gasteiger partial charge in [-0.3, -0.25) is 9.78 Å². The molecule has 0 N–H and O–H groups in total. The molecule has 1 heterocycles. The zero-order valence-electron chi connectivity index (χ0n) is 9.71. The van der Waals surface area contributed by atoms with Gasteiger partial charge in [0, 0.05) is 6.20 Å². The topological polar surface area (TPSA) is 30.0 Å². The van der Waals surface area contributed by atoms with Crippen LogP contribution < -0.4 is 0 Å². The van der Waals surface area contributed by atoms with Gasteiger partial charge in [0.1, 0.15) is 17.3 Å². The van der Waals surface area contributed by atoms with Gasteiger partial charge in [0.25, 0.3) is 0 Å². The Balaban J connectivity index is 2.37. The molecule has 0 aliphatic heterocycles. The molecule has 7 heteroatoms. The van der Waals surface area contributed by atoms with E-state index in [0.717, 1.165) is 18.2 Å². The van der Waals surface area contributed by atoms with Crippen molar-refractivity contribution < 1.29 is 26.7 Å². The van der Waals surface area contributed by atoms with Crippen molar-refractivity contribution in [2.75, 3.05) is 0 Å². The van der Waals surface area contributed by atoms with Crippen LogP contribution in [0.15, 0.2) is 36.5 Å². The van der Waals surface area contributed by atoms with E-state index in [1.165, 1.54) is 0 Å². The van der Waals surface area contributed by atoms with E-state index < -0.39 is 40.4 Å². The van der Waals surface area contributed by atoms with Crippen LogP contribution >= 0.6 is 0 Å². The van der Waals surface area contributed by atoms with E-state index >= 15 is 0 Å². The molecule has 2 rings (SSSR count). The molecule has 1 aromatic carbocycles. The smallest absolute Gasteiger partial charge is 0.287 e. The summed E-state index contributed by atoms with van der Waals surface area (Å²) >= 11 is 0. The minimum Gasteiger partial charge on any atom is -0.287 e. The number of benzene rings is 1. The van der Waals surface area contributed by atoms with Crippen molar-refractivity contribution in [2.45, 2.75) is 6.18 Å². The lowest BCUT2D eigenvalue weighted by atomic mass is 10.1. The number of alkyl halides is 3. The number of hydrogen-bond acceptors (Lipinski definition) is 2. The maximum Gasteiger partial charge on any atom is 0.417 e. The van der Waals surface area contributed by atoms with Crippen molar-refractivity contribution in [3.05, 3.63) is 65.0 Å². The molecule has 2 nitrogen and oxygen atoms in total. The third kappa shape index (κ3) is 2.81. The lowest BCUT2D eigenvalue weighted by Gasteiger charge is -2.07. The van der Waals surface area contributed by atoms with Gasteiger partial charge in [-0.1, -0.05) is 0 Å². The Morgan fingerprint density at radius 3 is 2.30 bits per heavy atom. The first-order valence-corrected chi connectivity index (χ1v) is 5.32. The molecule has 0 saturated carbocycles. The summed E-state index contributed by atoms with van der Waals surface area (Å²) in [6.07, 6.45) is -4.12. The summed E-state index contributed by atoms with van der Waals surface area (Å²) in [5.41, 5.74) is -2.02. The number of rotatable bonds is 2. The molecule has 20 heavy (non-hydrogen) atoms. The SMILES string of the molecule is O=C(c1ccc(C(F)(F)F)cn1)c1cc(F)ccc1F. The number of nitrogens with zero attached hydrogens (tertiary/aromatic N) is 1. The van der Waals surface area contributed by atoms with Crippen LogP contribution in [0.3, 0.4) is 0 Å². The van der Waals surface area contributed by atoms with Gasteiger partial charge in [0.15, 0.2) is 0 Å². The fourth-order valence-corrected chi connectivity index (χ4v) is 1.51. The Bertz CT molecular complexity index is 649. The van der Waals surface area contributed by atoms with Crippen LogP contribution in [0.25, 0.3) is 0 Å². The summed E-state index contributed by atoms with van der Waals surface area (Å²) in [7, 11) is 0. The van der Waals surface area contributed by atoms with Crippen LogP contribution in [-0.4, -0.2) is 10.8 Å². The Morgan fingerprint density at radius 2 is 1.75 bits per heavy atom. The van der Waals surface area contributed by atoms with Gasteiger partial charge in [-0.25, -0.2) is 8.78 Å². The minimum absolute atomic E-state index is 0.400. The highest BCUT2D eigenvalue weighted by Crippen LogP contribution is 2.28. The first kappa shape index (κ1) is 14.1. The van der Waals surface area contributed by atoms with Gasteiger partial charge in [-0.15, -0.1) is 0 Å². The number of hydrogen-bond donors (Lipinski definition) is 0. The molecule has 0 spiro atoms. The quantitative estimate of drug-likeness (QED) is 0.624. The first-order chi connectivity index (χ1) is 9.29.